The van der Waals surface area contributed by atoms with Crippen molar-refractivity contribution in [1.82, 2.24) is 8.87 Å². The zero-order valence-corrected chi connectivity index (χ0v) is 12.3. The molecule has 6 nitrogen and oxygen atoms in total. The normalized spacial score (nSPS) is 12.0. The van der Waals surface area contributed by atoms with E-state index in [1.807, 2.05) is 0 Å². The molecule has 0 aliphatic carbocycles. The van der Waals surface area contributed by atoms with Crippen LogP contribution in [0.2, 0.25) is 0 Å². The molecule has 0 aromatic carbocycles. The number of hydrogen-bond donors (Lipinski definition) is 0. The molecule has 1 aromatic rings. The lowest BCUT2D eigenvalue weighted by Gasteiger charge is -2.19. The van der Waals surface area contributed by atoms with Gasteiger partial charge in [0, 0.05) is 39.0 Å². The zero-order chi connectivity index (χ0) is 14.5. The summed E-state index contributed by atoms with van der Waals surface area (Å²) >= 11 is 0. The highest BCUT2D eigenvalue weighted by Gasteiger charge is 2.22. The average molecular weight is 288 g/mol. The first kappa shape index (κ1) is 15.9. The largest absolute Gasteiger partial charge is 0.383 e. The SMILES string of the molecule is CCN(CC)S(=O)(=O)c1ccc(=O)n(CCOC)c1. The van der Waals surface area contributed by atoms with Gasteiger partial charge in [0.1, 0.15) is 0 Å². The number of ether oxygens (including phenoxy) is 1. The smallest absolute Gasteiger partial charge is 0.250 e. The van der Waals surface area contributed by atoms with Crippen LogP contribution in [0, 0.1) is 0 Å². The molecule has 0 aliphatic heterocycles. The number of sulfonamides is 1. The Kier molecular flexibility index (Phi) is 5.71. The molecular weight excluding hydrogens is 268 g/mol. The summed E-state index contributed by atoms with van der Waals surface area (Å²) in [5, 5.41) is 0. The molecule has 1 heterocycles. The van der Waals surface area contributed by atoms with Crippen LogP contribution >= 0.6 is 0 Å². The van der Waals surface area contributed by atoms with Crippen LogP contribution in [0.25, 0.3) is 0 Å². The fourth-order valence-electron chi connectivity index (χ4n) is 1.74. The average Bonchev–Trinajstić information content (AvgIpc) is 2.38. The molecule has 19 heavy (non-hydrogen) atoms. The second-order valence-electron chi connectivity index (χ2n) is 3.98. The van der Waals surface area contributed by atoms with Crippen molar-refractivity contribution in [1.29, 1.82) is 0 Å². The van der Waals surface area contributed by atoms with E-state index in [4.69, 9.17) is 4.74 Å². The molecule has 0 amide bonds. The maximum absolute atomic E-state index is 12.3. The summed E-state index contributed by atoms with van der Waals surface area (Å²) < 4.78 is 32.2. The van der Waals surface area contributed by atoms with Gasteiger partial charge < -0.3 is 9.30 Å². The van der Waals surface area contributed by atoms with Crippen LogP contribution in [0.4, 0.5) is 0 Å². The Hall–Kier alpha value is -1.18. The number of aromatic nitrogens is 1. The lowest BCUT2D eigenvalue weighted by molar-refractivity contribution is 0.186. The Bertz CT molecular complexity index is 561. The molecule has 0 aliphatic rings. The van der Waals surface area contributed by atoms with Gasteiger partial charge in [-0.25, -0.2) is 8.42 Å². The van der Waals surface area contributed by atoms with Gasteiger partial charge in [0.2, 0.25) is 10.0 Å². The van der Waals surface area contributed by atoms with E-state index in [2.05, 4.69) is 0 Å². The summed E-state index contributed by atoms with van der Waals surface area (Å²) in [5.41, 5.74) is -0.240. The number of pyridine rings is 1. The highest BCUT2D eigenvalue weighted by Crippen LogP contribution is 2.13. The van der Waals surface area contributed by atoms with Crippen LogP contribution in [-0.4, -0.2) is 44.1 Å². The van der Waals surface area contributed by atoms with Gasteiger partial charge >= 0.3 is 0 Å². The van der Waals surface area contributed by atoms with E-state index < -0.39 is 10.0 Å². The summed E-state index contributed by atoms with van der Waals surface area (Å²) in [6, 6.07) is 2.62. The molecule has 7 heteroatoms. The van der Waals surface area contributed by atoms with Crippen molar-refractivity contribution in [3.05, 3.63) is 28.7 Å². The van der Waals surface area contributed by atoms with Crippen LogP contribution in [0.1, 0.15) is 13.8 Å². The molecule has 0 fully saturated rings. The van der Waals surface area contributed by atoms with Crippen molar-refractivity contribution in [2.75, 3.05) is 26.8 Å². The predicted octanol–water partition coefficient (Wildman–Crippen LogP) is 0.525. The van der Waals surface area contributed by atoms with Gasteiger partial charge in [0.05, 0.1) is 11.5 Å². The Morgan fingerprint density at radius 2 is 1.89 bits per heavy atom. The number of methoxy groups -OCH3 is 1. The Morgan fingerprint density at radius 3 is 2.42 bits per heavy atom. The first-order chi connectivity index (χ1) is 8.97. The third kappa shape index (κ3) is 3.65. The van der Waals surface area contributed by atoms with Gasteiger partial charge in [0.15, 0.2) is 0 Å². The van der Waals surface area contributed by atoms with Crippen molar-refractivity contribution in [3.8, 4) is 0 Å². The fourth-order valence-corrected chi connectivity index (χ4v) is 3.22. The lowest BCUT2D eigenvalue weighted by Crippen LogP contribution is -2.32. The third-order valence-electron chi connectivity index (χ3n) is 2.84. The van der Waals surface area contributed by atoms with Crippen LogP contribution in [-0.2, 0) is 21.3 Å². The quantitative estimate of drug-likeness (QED) is 0.734. The van der Waals surface area contributed by atoms with E-state index in [1.165, 1.54) is 34.3 Å². The maximum Gasteiger partial charge on any atom is 0.250 e. The summed E-state index contributed by atoms with van der Waals surface area (Å²) in [6.45, 7) is 5.04. The van der Waals surface area contributed by atoms with Gasteiger partial charge in [-0.2, -0.15) is 4.31 Å². The molecule has 1 rings (SSSR count). The Morgan fingerprint density at radius 1 is 1.26 bits per heavy atom. The van der Waals surface area contributed by atoms with E-state index in [1.54, 1.807) is 13.8 Å². The van der Waals surface area contributed by atoms with Crippen molar-refractivity contribution >= 4 is 10.0 Å². The van der Waals surface area contributed by atoms with Crippen LogP contribution in [0.15, 0.2) is 28.0 Å². The predicted molar refractivity (Wildman–Crippen MR) is 72.7 cm³/mol. The summed E-state index contributed by atoms with van der Waals surface area (Å²) in [7, 11) is -2.00. The van der Waals surface area contributed by atoms with Gasteiger partial charge in [-0.15, -0.1) is 0 Å². The van der Waals surface area contributed by atoms with Gasteiger partial charge in [-0.05, 0) is 6.07 Å². The minimum absolute atomic E-state index is 0.131. The number of rotatable bonds is 7. The molecule has 0 bridgehead atoms. The fraction of sp³-hybridized carbons (Fsp3) is 0.583. The molecule has 0 unspecified atom stereocenters. The van der Waals surface area contributed by atoms with Crippen molar-refractivity contribution in [3.63, 3.8) is 0 Å². The van der Waals surface area contributed by atoms with Gasteiger partial charge in [-0.1, -0.05) is 13.8 Å². The van der Waals surface area contributed by atoms with Gasteiger partial charge in [0.25, 0.3) is 5.56 Å². The second kappa shape index (κ2) is 6.83. The topological polar surface area (TPSA) is 68.6 Å². The summed E-state index contributed by atoms with van der Waals surface area (Å²) in [5.74, 6) is 0. The van der Waals surface area contributed by atoms with Gasteiger partial charge in [-0.3, -0.25) is 4.79 Å². The van der Waals surface area contributed by atoms with Crippen LogP contribution in [0.3, 0.4) is 0 Å². The molecule has 0 radical (unpaired) electrons. The highest BCUT2D eigenvalue weighted by molar-refractivity contribution is 7.89. The zero-order valence-electron chi connectivity index (χ0n) is 11.5. The molecule has 0 N–H and O–H groups in total. The minimum atomic E-state index is -3.53. The molecule has 0 spiro atoms. The Labute approximate surface area is 113 Å². The number of hydrogen-bond acceptors (Lipinski definition) is 4. The van der Waals surface area contributed by atoms with Crippen LogP contribution in [0.5, 0.6) is 0 Å². The maximum atomic E-state index is 12.3. The first-order valence-electron chi connectivity index (χ1n) is 6.17. The van der Waals surface area contributed by atoms with E-state index in [0.717, 1.165) is 0 Å². The molecule has 108 valence electrons. The van der Waals surface area contributed by atoms with E-state index >= 15 is 0 Å². The first-order valence-corrected chi connectivity index (χ1v) is 7.61. The van der Waals surface area contributed by atoms with E-state index in [0.29, 0.717) is 26.2 Å². The van der Waals surface area contributed by atoms with Crippen molar-refractivity contribution < 1.29 is 13.2 Å². The Balaban J connectivity index is 3.18. The third-order valence-corrected chi connectivity index (χ3v) is 4.87. The van der Waals surface area contributed by atoms with Crippen molar-refractivity contribution in [2.45, 2.75) is 25.3 Å². The molecule has 1 aromatic heterocycles. The molecule has 0 saturated heterocycles. The van der Waals surface area contributed by atoms with E-state index in [-0.39, 0.29) is 10.5 Å². The minimum Gasteiger partial charge on any atom is -0.383 e. The number of nitrogens with zero attached hydrogens (tertiary/aromatic N) is 2. The van der Waals surface area contributed by atoms with Crippen molar-refractivity contribution in [2.24, 2.45) is 0 Å². The second-order valence-corrected chi connectivity index (χ2v) is 5.92. The monoisotopic (exact) mass is 288 g/mol. The standard InChI is InChI=1S/C12H20N2O4S/c1-4-14(5-2)19(16,17)11-6-7-12(15)13(10-11)8-9-18-3/h6-7,10H,4-5,8-9H2,1-3H3. The molecule has 0 saturated carbocycles. The van der Waals surface area contributed by atoms with Crippen LogP contribution < -0.4 is 5.56 Å². The molecule has 0 atom stereocenters. The summed E-state index contributed by atoms with van der Waals surface area (Å²) in [6.07, 6.45) is 1.37. The molecular formula is C12H20N2O4S. The van der Waals surface area contributed by atoms with E-state index in [9.17, 15) is 13.2 Å². The summed E-state index contributed by atoms with van der Waals surface area (Å²) in [4.78, 5) is 11.7. The lowest BCUT2D eigenvalue weighted by atomic mass is 10.4. The highest BCUT2D eigenvalue weighted by atomic mass is 32.2.